The van der Waals surface area contributed by atoms with Gasteiger partial charge in [-0.05, 0) is 30.4 Å². The molecule has 1 aliphatic heterocycles. The highest BCUT2D eigenvalue weighted by Gasteiger charge is 2.25. The number of hydrogen-bond donors (Lipinski definition) is 1. The summed E-state index contributed by atoms with van der Waals surface area (Å²) in [4.78, 5) is 5.60. The molecule has 1 saturated heterocycles. The summed E-state index contributed by atoms with van der Waals surface area (Å²) in [7, 11) is 2.03. The van der Waals surface area contributed by atoms with Crippen molar-refractivity contribution in [3.05, 3.63) is 53.4 Å². The molecule has 3 aromatic rings. The van der Waals surface area contributed by atoms with Gasteiger partial charge in [0.2, 0.25) is 0 Å². The first kappa shape index (κ1) is 14.9. The first-order chi connectivity index (χ1) is 11.3. The van der Waals surface area contributed by atoms with Crippen molar-refractivity contribution in [2.75, 3.05) is 6.61 Å². The highest BCUT2D eigenvalue weighted by molar-refractivity contribution is 7.19. The number of hydrogen-bond acceptors (Lipinski definition) is 4. The van der Waals surface area contributed by atoms with Crippen LogP contribution in [-0.4, -0.2) is 22.2 Å². The molecule has 5 heteroatoms. The Labute approximate surface area is 140 Å². The van der Waals surface area contributed by atoms with Gasteiger partial charge in [0.05, 0.1) is 18.2 Å². The van der Waals surface area contributed by atoms with Gasteiger partial charge in [-0.3, -0.25) is 0 Å². The summed E-state index contributed by atoms with van der Waals surface area (Å²) >= 11 is 1.88. The molecule has 4 rings (SSSR count). The number of rotatable bonds is 4. The van der Waals surface area contributed by atoms with Crippen LogP contribution in [0.2, 0.25) is 0 Å². The van der Waals surface area contributed by atoms with E-state index in [0.717, 1.165) is 26.0 Å². The molecule has 0 unspecified atom stereocenters. The number of nitrogens with zero attached hydrogens (tertiary/aromatic N) is 2. The second-order valence-electron chi connectivity index (χ2n) is 6.14. The number of aryl methyl sites for hydroxylation is 1. The zero-order valence-corrected chi connectivity index (χ0v) is 14.1. The predicted octanol–water partition coefficient (Wildman–Crippen LogP) is 3.64. The van der Waals surface area contributed by atoms with Crippen molar-refractivity contribution < 1.29 is 4.74 Å². The molecule has 0 amide bonds. The van der Waals surface area contributed by atoms with E-state index < -0.39 is 0 Å². The van der Waals surface area contributed by atoms with E-state index in [0.29, 0.717) is 6.04 Å². The summed E-state index contributed by atoms with van der Waals surface area (Å²) in [6.07, 6.45) is 5.98. The zero-order chi connectivity index (χ0) is 15.6. The van der Waals surface area contributed by atoms with E-state index in [1.165, 1.54) is 20.7 Å². The minimum Gasteiger partial charge on any atom is -0.372 e. The molecule has 1 aliphatic rings. The van der Waals surface area contributed by atoms with Gasteiger partial charge in [0.15, 0.2) is 0 Å². The zero-order valence-electron chi connectivity index (χ0n) is 13.2. The van der Waals surface area contributed by atoms with Gasteiger partial charge in [-0.25, -0.2) is 4.98 Å². The molecule has 0 bridgehead atoms. The Morgan fingerprint density at radius 3 is 3.13 bits per heavy atom. The maximum atomic E-state index is 5.94. The molecule has 1 aromatic carbocycles. The average molecular weight is 327 g/mol. The largest absolute Gasteiger partial charge is 0.372 e. The van der Waals surface area contributed by atoms with Gasteiger partial charge in [0.1, 0.15) is 6.10 Å². The van der Waals surface area contributed by atoms with Crippen molar-refractivity contribution >= 4 is 21.4 Å². The van der Waals surface area contributed by atoms with Gasteiger partial charge in [-0.1, -0.05) is 18.2 Å². The standard InChI is InChI=1S/C18H21N3OS/c1-21-12-19-11-16(21)17-9-14(6-7-22-17)20-10-15-8-13-4-2-3-5-18(13)23-15/h2-5,8,11-12,14,17,20H,6-7,9-10H2,1H3/t14-,17+/m0/s1. The van der Waals surface area contributed by atoms with Crippen molar-refractivity contribution in [3.8, 4) is 0 Å². The van der Waals surface area contributed by atoms with Crippen LogP contribution >= 0.6 is 11.3 Å². The Morgan fingerprint density at radius 2 is 2.30 bits per heavy atom. The Hall–Kier alpha value is -1.69. The van der Waals surface area contributed by atoms with E-state index in [-0.39, 0.29) is 6.10 Å². The highest BCUT2D eigenvalue weighted by atomic mass is 32.1. The Kier molecular flexibility index (Phi) is 4.16. The molecule has 1 fully saturated rings. The fourth-order valence-corrected chi connectivity index (χ4v) is 4.25. The van der Waals surface area contributed by atoms with E-state index in [4.69, 9.17) is 4.74 Å². The first-order valence-corrected chi connectivity index (χ1v) is 8.90. The smallest absolute Gasteiger partial charge is 0.100 e. The van der Waals surface area contributed by atoms with Gasteiger partial charge >= 0.3 is 0 Å². The average Bonchev–Trinajstić information content (AvgIpc) is 3.18. The summed E-state index contributed by atoms with van der Waals surface area (Å²) in [5, 5.41) is 5.05. The molecule has 0 aliphatic carbocycles. The van der Waals surface area contributed by atoms with E-state index in [9.17, 15) is 0 Å². The normalized spacial score (nSPS) is 21.8. The van der Waals surface area contributed by atoms with Crippen LogP contribution in [0.5, 0.6) is 0 Å². The third-order valence-electron chi connectivity index (χ3n) is 4.51. The quantitative estimate of drug-likeness (QED) is 0.795. The lowest BCUT2D eigenvalue weighted by Crippen LogP contribution is -2.36. The van der Waals surface area contributed by atoms with Crippen LogP contribution < -0.4 is 5.32 Å². The third kappa shape index (κ3) is 3.17. The van der Waals surface area contributed by atoms with Gasteiger partial charge in [-0.2, -0.15) is 0 Å². The van der Waals surface area contributed by atoms with Crippen LogP contribution in [0.25, 0.3) is 10.1 Å². The summed E-state index contributed by atoms with van der Waals surface area (Å²) in [5.74, 6) is 0. The Balaban J connectivity index is 1.39. The molecule has 0 saturated carbocycles. The van der Waals surface area contributed by atoms with Crippen LogP contribution in [0.3, 0.4) is 0 Å². The van der Waals surface area contributed by atoms with Crippen molar-refractivity contribution in [2.24, 2.45) is 7.05 Å². The van der Waals surface area contributed by atoms with E-state index in [2.05, 4.69) is 45.2 Å². The van der Waals surface area contributed by atoms with Crippen LogP contribution in [0.4, 0.5) is 0 Å². The summed E-state index contributed by atoms with van der Waals surface area (Å²) in [6.45, 7) is 1.74. The van der Waals surface area contributed by atoms with Crippen LogP contribution in [0.15, 0.2) is 42.9 Å². The molecule has 4 nitrogen and oxygen atoms in total. The van der Waals surface area contributed by atoms with E-state index in [1.807, 2.05) is 30.9 Å². The number of imidazole rings is 1. The van der Waals surface area contributed by atoms with Crippen LogP contribution in [0.1, 0.15) is 29.5 Å². The lowest BCUT2D eigenvalue weighted by molar-refractivity contribution is -0.00399. The SMILES string of the molecule is Cn1cncc1[C@H]1C[C@@H](NCc2cc3ccccc3s2)CCO1. The van der Waals surface area contributed by atoms with Crippen molar-refractivity contribution in [1.29, 1.82) is 0 Å². The second-order valence-corrected chi connectivity index (χ2v) is 7.31. The Bertz CT molecular complexity index is 761. The van der Waals surface area contributed by atoms with Crippen LogP contribution in [-0.2, 0) is 18.3 Å². The van der Waals surface area contributed by atoms with Crippen molar-refractivity contribution in [1.82, 2.24) is 14.9 Å². The maximum Gasteiger partial charge on any atom is 0.100 e. The second kappa shape index (κ2) is 6.43. The lowest BCUT2D eigenvalue weighted by atomic mass is 10.0. The number of ether oxygens (including phenoxy) is 1. The van der Waals surface area contributed by atoms with Gasteiger partial charge in [0.25, 0.3) is 0 Å². The van der Waals surface area contributed by atoms with E-state index in [1.54, 1.807) is 0 Å². The number of thiophene rings is 1. The molecule has 120 valence electrons. The molecular weight excluding hydrogens is 306 g/mol. The monoisotopic (exact) mass is 327 g/mol. The van der Waals surface area contributed by atoms with Gasteiger partial charge in [0, 0.05) is 35.8 Å². The molecule has 3 heterocycles. The lowest BCUT2D eigenvalue weighted by Gasteiger charge is -2.30. The Morgan fingerprint density at radius 1 is 1.39 bits per heavy atom. The number of aromatic nitrogens is 2. The molecule has 2 aromatic heterocycles. The summed E-state index contributed by atoms with van der Waals surface area (Å²) in [5.41, 5.74) is 1.17. The summed E-state index contributed by atoms with van der Waals surface area (Å²) in [6, 6.07) is 11.4. The summed E-state index contributed by atoms with van der Waals surface area (Å²) < 4.78 is 9.35. The maximum absolute atomic E-state index is 5.94. The van der Waals surface area contributed by atoms with Crippen molar-refractivity contribution in [2.45, 2.75) is 31.5 Å². The van der Waals surface area contributed by atoms with Crippen LogP contribution in [0, 0.1) is 0 Å². The molecule has 2 atom stereocenters. The van der Waals surface area contributed by atoms with Crippen molar-refractivity contribution in [3.63, 3.8) is 0 Å². The predicted molar refractivity (Wildman–Crippen MR) is 93.6 cm³/mol. The van der Waals surface area contributed by atoms with Gasteiger partial charge < -0.3 is 14.6 Å². The molecule has 1 N–H and O–H groups in total. The molecule has 0 radical (unpaired) electrons. The number of fused-ring (bicyclic) bond motifs is 1. The highest BCUT2D eigenvalue weighted by Crippen LogP contribution is 2.29. The topological polar surface area (TPSA) is 39.1 Å². The van der Waals surface area contributed by atoms with E-state index >= 15 is 0 Å². The molecular formula is C18H21N3OS. The first-order valence-electron chi connectivity index (χ1n) is 8.08. The molecule has 0 spiro atoms. The fraction of sp³-hybridized carbons (Fsp3) is 0.389. The minimum absolute atomic E-state index is 0.149. The minimum atomic E-state index is 0.149. The van der Waals surface area contributed by atoms with Gasteiger partial charge in [-0.15, -0.1) is 11.3 Å². The number of benzene rings is 1. The third-order valence-corrected chi connectivity index (χ3v) is 5.63. The molecule has 23 heavy (non-hydrogen) atoms. The number of nitrogens with one attached hydrogen (secondary N) is 1. The fourth-order valence-electron chi connectivity index (χ4n) is 3.23.